The van der Waals surface area contributed by atoms with Gasteiger partial charge in [-0.1, -0.05) is 37.7 Å². The Labute approximate surface area is 106 Å². The van der Waals surface area contributed by atoms with E-state index in [9.17, 15) is 0 Å². The van der Waals surface area contributed by atoms with Crippen molar-refractivity contribution in [3.63, 3.8) is 0 Å². The molecular formula is C12H16N2S2. The first-order valence-electron chi connectivity index (χ1n) is 5.29. The van der Waals surface area contributed by atoms with Gasteiger partial charge in [-0.25, -0.2) is 4.98 Å². The highest BCUT2D eigenvalue weighted by molar-refractivity contribution is 7.99. The van der Waals surface area contributed by atoms with E-state index in [2.05, 4.69) is 42.5 Å². The topological polar surface area (TPSA) is 28.7 Å². The van der Waals surface area contributed by atoms with Gasteiger partial charge in [-0.2, -0.15) is 12.6 Å². The average molecular weight is 252 g/mol. The van der Waals surface area contributed by atoms with Crippen molar-refractivity contribution in [3.05, 3.63) is 24.3 Å². The summed E-state index contributed by atoms with van der Waals surface area (Å²) in [5, 5.41) is 0.996. The summed E-state index contributed by atoms with van der Waals surface area (Å²) in [6.45, 7) is 4.44. The van der Waals surface area contributed by atoms with Crippen LogP contribution in [0, 0.1) is 5.41 Å². The number of H-pyrrole nitrogens is 1. The molecule has 0 saturated heterocycles. The van der Waals surface area contributed by atoms with Crippen molar-refractivity contribution in [1.29, 1.82) is 0 Å². The highest BCUT2D eigenvalue weighted by Crippen LogP contribution is 2.27. The van der Waals surface area contributed by atoms with E-state index in [1.54, 1.807) is 11.8 Å². The quantitative estimate of drug-likeness (QED) is 0.643. The molecule has 0 unspecified atom stereocenters. The van der Waals surface area contributed by atoms with Crippen LogP contribution in [0.15, 0.2) is 29.4 Å². The minimum absolute atomic E-state index is 0.243. The Hall–Kier alpha value is -0.610. The number of thiol groups is 1. The van der Waals surface area contributed by atoms with Crippen molar-refractivity contribution in [3.8, 4) is 0 Å². The van der Waals surface area contributed by atoms with E-state index in [1.165, 1.54) is 0 Å². The highest BCUT2D eigenvalue weighted by atomic mass is 32.2. The zero-order valence-corrected chi connectivity index (χ0v) is 11.2. The van der Waals surface area contributed by atoms with Gasteiger partial charge in [0.15, 0.2) is 5.16 Å². The molecule has 2 aromatic rings. The molecule has 16 heavy (non-hydrogen) atoms. The lowest BCUT2D eigenvalue weighted by Crippen LogP contribution is -2.16. The molecular weight excluding hydrogens is 236 g/mol. The van der Waals surface area contributed by atoms with Gasteiger partial charge in [-0.05, 0) is 23.3 Å². The van der Waals surface area contributed by atoms with Crippen LogP contribution in [0.25, 0.3) is 11.0 Å². The number of nitrogens with one attached hydrogen (secondary N) is 1. The molecule has 0 radical (unpaired) electrons. The monoisotopic (exact) mass is 252 g/mol. The van der Waals surface area contributed by atoms with Gasteiger partial charge in [0.25, 0.3) is 0 Å². The lowest BCUT2D eigenvalue weighted by atomic mass is 10.0. The molecule has 1 heterocycles. The molecule has 1 aromatic heterocycles. The molecule has 1 aromatic carbocycles. The van der Waals surface area contributed by atoms with E-state index in [0.717, 1.165) is 27.7 Å². The molecule has 86 valence electrons. The lowest BCUT2D eigenvalue weighted by Gasteiger charge is -2.20. The average Bonchev–Trinajstić information content (AvgIpc) is 2.69. The third-order valence-electron chi connectivity index (χ3n) is 2.40. The normalized spacial score (nSPS) is 12.2. The van der Waals surface area contributed by atoms with Crippen LogP contribution >= 0.6 is 24.4 Å². The second-order valence-electron chi connectivity index (χ2n) is 4.67. The van der Waals surface area contributed by atoms with Crippen molar-refractivity contribution >= 4 is 35.4 Å². The Kier molecular flexibility index (Phi) is 3.50. The van der Waals surface area contributed by atoms with E-state index >= 15 is 0 Å². The maximum absolute atomic E-state index is 4.53. The molecule has 0 amide bonds. The Bertz CT molecular complexity index is 444. The molecule has 0 fully saturated rings. The number of para-hydroxylation sites is 2. The molecule has 2 rings (SSSR count). The summed E-state index contributed by atoms with van der Waals surface area (Å²) in [6, 6.07) is 8.11. The zero-order chi connectivity index (χ0) is 11.6. The fourth-order valence-corrected chi connectivity index (χ4v) is 2.54. The predicted octanol–water partition coefficient (Wildman–Crippen LogP) is 3.61. The smallest absolute Gasteiger partial charge is 0.166 e. The molecule has 0 aliphatic carbocycles. The maximum atomic E-state index is 4.53. The number of hydrogen-bond acceptors (Lipinski definition) is 3. The summed E-state index contributed by atoms with van der Waals surface area (Å²) in [7, 11) is 0. The number of aromatic amines is 1. The second-order valence-corrected chi connectivity index (χ2v) is 5.95. The van der Waals surface area contributed by atoms with Crippen LogP contribution in [0.4, 0.5) is 0 Å². The van der Waals surface area contributed by atoms with Crippen molar-refractivity contribution in [1.82, 2.24) is 9.97 Å². The highest BCUT2D eigenvalue weighted by Gasteiger charge is 2.16. The van der Waals surface area contributed by atoms with Crippen LogP contribution in [-0.4, -0.2) is 21.5 Å². The molecule has 4 heteroatoms. The molecule has 0 atom stereocenters. The second kappa shape index (κ2) is 4.72. The Balaban J connectivity index is 2.10. The van der Waals surface area contributed by atoms with Gasteiger partial charge in [-0.15, -0.1) is 0 Å². The van der Waals surface area contributed by atoms with Gasteiger partial charge in [0, 0.05) is 5.75 Å². The molecule has 0 bridgehead atoms. The molecule has 0 aliphatic rings. The summed E-state index contributed by atoms with van der Waals surface area (Å²) in [4.78, 5) is 7.85. The van der Waals surface area contributed by atoms with E-state index in [1.807, 2.05) is 18.2 Å². The summed E-state index contributed by atoms with van der Waals surface area (Å²) >= 11 is 6.12. The number of benzene rings is 1. The van der Waals surface area contributed by atoms with E-state index in [4.69, 9.17) is 0 Å². The van der Waals surface area contributed by atoms with Crippen LogP contribution in [0.5, 0.6) is 0 Å². The largest absolute Gasteiger partial charge is 0.333 e. The number of nitrogens with zero attached hydrogens (tertiary/aromatic N) is 1. The number of rotatable bonds is 4. The molecule has 2 nitrogen and oxygen atoms in total. The van der Waals surface area contributed by atoms with E-state index in [0.29, 0.717) is 0 Å². The van der Waals surface area contributed by atoms with E-state index in [-0.39, 0.29) is 5.41 Å². The van der Waals surface area contributed by atoms with Crippen LogP contribution in [0.2, 0.25) is 0 Å². The molecule has 0 spiro atoms. The minimum atomic E-state index is 0.243. The number of fused-ring (bicyclic) bond motifs is 1. The first-order chi connectivity index (χ1) is 7.61. The van der Waals surface area contributed by atoms with Crippen LogP contribution in [-0.2, 0) is 0 Å². The molecule has 0 aliphatic heterocycles. The van der Waals surface area contributed by atoms with Crippen molar-refractivity contribution in [2.75, 3.05) is 11.5 Å². The molecule has 1 N–H and O–H groups in total. The first-order valence-corrected chi connectivity index (χ1v) is 6.91. The minimum Gasteiger partial charge on any atom is -0.333 e. The van der Waals surface area contributed by atoms with Gasteiger partial charge in [0.1, 0.15) is 0 Å². The number of aromatic nitrogens is 2. The standard InChI is InChI=1S/C12H16N2S2/c1-12(2,7-15)8-16-11-13-9-5-3-4-6-10(9)14-11/h3-6,15H,7-8H2,1-2H3,(H,13,14). The third-order valence-corrected chi connectivity index (χ3v) is 4.64. The summed E-state index contributed by atoms with van der Waals surface area (Å²) < 4.78 is 0. The SMILES string of the molecule is CC(C)(CS)CSc1nc2ccccc2[nH]1. The molecule has 0 saturated carbocycles. The number of imidazole rings is 1. The predicted molar refractivity (Wildman–Crippen MR) is 74.5 cm³/mol. The Morgan fingerprint density at radius 2 is 2.12 bits per heavy atom. The Morgan fingerprint density at radius 1 is 1.38 bits per heavy atom. The maximum Gasteiger partial charge on any atom is 0.166 e. The number of thioether (sulfide) groups is 1. The summed E-state index contributed by atoms with van der Waals surface area (Å²) in [5.74, 6) is 1.91. The van der Waals surface area contributed by atoms with Gasteiger partial charge in [-0.3, -0.25) is 0 Å². The third kappa shape index (κ3) is 2.74. The van der Waals surface area contributed by atoms with Gasteiger partial charge >= 0.3 is 0 Å². The van der Waals surface area contributed by atoms with Crippen molar-refractivity contribution < 1.29 is 0 Å². The van der Waals surface area contributed by atoms with Crippen molar-refractivity contribution in [2.24, 2.45) is 5.41 Å². The lowest BCUT2D eigenvalue weighted by molar-refractivity contribution is 0.493. The van der Waals surface area contributed by atoms with E-state index < -0.39 is 0 Å². The summed E-state index contributed by atoms with van der Waals surface area (Å²) in [6.07, 6.45) is 0. The van der Waals surface area contributed by atoms with Gasteiger partial charge in [0.2, 0.25) is 0 Å². The fraction of sp³-hybridized carbons (Fsp3) is 0.417. The van der Waals surface area contributed by atoms with Crippen LogP contribution in [0.1, 0.15) is 13.8 Å². The first kappa shape index (κ1) is 11.9. The van der Waals surface area contributed by atoms with Crippen LogP contribution in [0.3, 0.4) is 0 Å². The van der Waals surface area contributed by atoms with Crippen molar-refractivity contribution in [2.45, 2.75) is 19.0 Å². The number of hydrogen-bond donors (Lipinski definition) is 2. The Morgan fingerprint density at radius 3 is 2.81 bits per heavy atom. The fourth-order valence-electron chi connectivity index (χ4n) is 1.31. The summed E-state index contributed by atoms with van der Waals surface area (Å²) in [5.41, 5.74) is 2.38. The van der Waals surface area contributed by atoms with Gasteiger partial charge < -0.3 is 4.98 Å². The van der Waals surface area contributed by atoms with Gasteiger partial charge in [0.05, 0.1) is 11.0 Å². The van der Waals surface area contributed by atoms with Crippen LogP contribution < -0.4 is 0 Å². The zero-order valence-electron chi connectivity index (χ0n) is 9.53.